The molecule has 1 heterocycles. The maximum atomic E-state index is 12.5. The van der Waals surface area contributed by atoms with E-state index in [1.165, 1.54) is 44.4 Å². The molecular weight excluding hydrogens is 424 g/mol. The van der Waals surface area contributed by atoms with Gasteiger partial charge in [0.25, 0.3) is 0 Å². The van der Waals surface area contributed by atoms with Crippen LogP contribution in [0.2, 0.25) is 0 Å². The van der Waals surface area contributed by atoms with Gasteiger partial charge in [-0.2, -0.15) is 0 Å². The van der Waals surface area contributed by atoms with E-state index in [2.05, 4.69) is 4.98 Å². The fourth-order valence-electron chi connectivity index (χ4n) is 3.21. The lowest BCUT2D eigenvalue weighted by Crippen LogP contribution is -2.22. The molecule has 0 saturated carbocycles. The zero-order valence-electron chi connectivity index (χ0n) is 18.6. The van der Waals surface area contributed by atoms with Gasteiger partial charge in [-0.3, -0.25) is 9.78 Å². The minimum absolute atomic E-state index is 0.149. The van der Waals surface area contributed by atoms with Gasteiger partial charge >= 0.3 is 0 Å². The van der Waals surface area contributed by atoms with Crippen LogP contribution in [0.15, 0.2) is 71.8 Å². The quantitative estimate of drug-likeness (QED) is 0.375. The molecule has 1 aromatic heterocycles. The second-order valence-corrected chi connectivity index (χ2v) is 9.75. The van der Waals surface area contributed by atoms with Crippen molar-refractivity contribution in [3.8, 4) is 5.75 Å². The zero-order valence-corrected chi connectivity index (χ0v) is 19.4. The van der Waals surface area contributed by atoms with Gasteiger partial charge in [-0.1, -0.05) is 12.1 Å². The van der Waals surface area contributed by atoms with E-state index in [4.69, 9.17) is 4.74 Å². The highest BCUT2D eigenvalue weighted by molar-refractivity contribution is 7.89. The minimum atomic E-state index is -3.52. The van der Waals surface area contributed by atoms with Crippen LogP contribution < -0.4 is 4.74 Å². The first-order valence-electron chi connectivity index (χ1n) is 10.1. The maximum absolute atomic E-state index is 12.5. The number of allylic oxidation sites excluding steroid dienone is 1. The molecule has 0 unspecified atom stereocenters. The summed E-state index contributed by atoms with van der Waals surface area (Å²) in [6.45, 7) is 4.31. The standard InChI is InChI=1S/C25H26N2O4S/c1-18-15-20(16-19(2)25(18)31-17-22-7-5-6-14-26-22)8-13-24(28)21-9-11-23(12-10-21)32(29,30)27(3)4/h5-16H,17H2,1-4H3/b13-8+. The third-order valence-corrected chi connectivity index (χ3v) is 6.75. The fourth-order valence-corrected chi connectivity index (χ4v) is 4.11. The minimum Gasteiger partial charge on any atom is -0.487 e. The molecule has 3 aromatic rings. The molecule has 0 aliphatic carbocycles. The van der Waals surface area contributed by atoms with Gasteiger partial charge in [0.15, 0.2) is 5.78 Å². The molecule has 0 radical (unpaired) electrons. The van der Waals surface area contributed by atoms with E-state index in [-0.39, 0.29) is 10.7 Å². The van der Waals surface area contributed by atoms with Crippen molar-refractivity contribution in [1.29, 1.82) is 0 Å². The zero-order chi connectivity index (χ0) is 23.3. The van der Waals surface area contributed by atoms with Gasteiger partial charge in [-0.25, -0.2) is 12.7 Å². The van der Waals surface area contributed by atoms with Crippen molar-refractivity contribution in [1.82, 2.24) is 9.29 Å². The summed E-state index contributed by atoms with van der Waals surface area (Å²) in [5, 5.41) is 0. The Balaban J connectivity index is 1.71. The second-order valence-electron chi connectivity index (χ2n) is 7.60. The van der Waals surface area contributed by atoms with Crippen molar-refractivity contribution in [2.45, 2.75) is 25.3 Å². The lowest BCUT2D eigenvalue weighted by molar-refractivity contribution is 0.104. The van der Waals surface area contributed by atoms with Gasteiger partial charge < -0.3 is 4.74 Å². The first kappa shape index (κ1) is 23.4. The van der Waals surface area contributed by atoms with Crippen molar-refractivity contribution in [3.05, 3.63) is 94.8 Å². The smallest absolute Gasteiger partial charge is 0.242 e. The predicted octanol–water partition coefficient (Wildman–Crippen LogP) is 4.42. The largest absolute Gasteiger partial charge is 0.487 e. The number of pyridine rings is 1. The number of carbonyl (C=O) groups excluding carboxylic acids is 1. The average molecular weight is 451 g/mol. The highest BCUT2D eigenvalue weighted by Gasteiger charge is 2.17. The fraction of sp³-hybridized carbons (Fsp3) is 0.200. The predicted molar refractivity (Wildman–Crippen MR) is 125 cm³/mol. The summed E-state index contributed by atoms with van der Waals surface area (Å²) in [6.07, 6.45) is 4.96. The number of hydrogen-bond acceptors (Lipinski definition) is 5. The first-order chi connectivity index (χ1) is 15.2. The lowest BCUT2D eigenvalue weighted by Gasteiger charge is -2.13. The number of aromatic nitrogens is 1. The highest BCUT2D eigenvalue weighted by atomic mass is 32.2. The number of ether oxygens (including phenoxy) is 1. The molecule has 0 saturated heterocycles. The number of aryl methyl sites for hydroxylation is 2. The molecule has 3 rings (SSSR count). The van der Waals surface area contributed by atoms with Crippen LogP contribution in [0.4, 0.5) is 0 Å². The van der Waals surface area contributed by atoms with E-state index in [0.717, 1.165) is 32.4 Å². The van der Waals surface area contributed by atoms with Crippen LogP contribution in [0, 0.1) is 13.8 Å². The Hall–Kier alpha value is -3.29. The van der Waals surface area contributed by atoms with E-state index in [9.17, 15) is 13.2 Å². The molecule has 0 spiro atoms. The van der Waals surface area contributed by atoms with Gasteiger partial charge in [0.1, 0.15) is 12.4 Å². The number of carbonyl (C=O) groups is 1. The number of nitrogens with zero attached hydrogens (tertiary/aromatic N) is 2. The molecule has 0 amide bonds. The molecule has 6 nitrogen and oxygen atoms in total. The molecule has 0 N–H and O–H groups in total. The number of ketones is 1. The van der Waals surface area contributed by atoms with Crippen molar-refractivity contribution in [2.24, 2.45) is 0 Å². The average Bonchev–Trinajstić information content (AvgIpc) is 2.77. The van der Waals surface area contributed by atoms with Crippen LogP contribution in [0.3, 0.4) is 0 Å². The molecule has 32 heavy (non-hydrogen) atoms. The van der Waals surface area contributed by atoms with E-state index in [1.54, 1.807) is 12.3 Å². The van der Waals surface area contributed by atoms with Gasteiger partial charge in [0.2, 0.25) is 10.0 Å². The molecule has 0 aliphatic heterocycles. The summed E-state index contributed by atoms with van der Waals surface area (Å²) >= 11 is 0. The van der Waals surface area contributed by atoms with Crippen LogP contribution in [-0.2, 0) is 16.6 Å². The Morgan fingerprint density at radius 2 is 1.69 bits per heavy atom. The SMILES string of the molecule is Cc1cc(/C=C/C(=O)c2ccc(S(=O)(=O)N(C)C)cc2)cc(C)c1OCc1ccccn1. The van der Waals surface area contributed by atoms with Crippen LogP contribution in [-0.4, -0.2) is 37.6 Å². The van der Waals surface area contributed by atoms with Crippen molar-refractivity contribution in [2.75, 3.05) is 14.1 Å². The van der Waals surface area contributed by atoms with Gasteiger partial charge in [0.05, 0.1) is 10.6 Å². The second kappa shape index (κ2) is 9.89. The molecule has 0 aliphatic rings. The monoisotopic (exact) mass is 450 g/mol. The third-order valence-electron chi connectivity index (χ3n) is 4.92. The third kappa shape index (κ3) is 5.49. The number of hydrogen-bond donors (Lipinski definition) is 0. The van der Waals surface area contributed by atoms with Gasteiger partial charge in [-0.15, -0.1) is 0 Å². The summed E-state index contributed by atoms with van der Waals surface area (Å²) < 4.78 is 31.4. The van der Waals surface area contributed by atoms with Crippen molar-refractivity contribution in [3.63, 3.8) is 0 Å². The maximum Gasteiger partial charge on any atom is 0.242 e. The Bertz CT molecular complexity index is 1210. The molecular formula is C25H26N2O4S. The molecule has 0 fully saturated rings. The Morgan fingerprint density at radius 3 is 2.25 bits per heavy atom. The lowest BCUT2D eigenvalue weighted by atomic mass is 10.0. The number of rotatable bonds is 8. The Kier molecular flexibility index (Phi) is 7.22. The summed E-state index contributed by atoms with van der Waals surface area (Å²) in [5.74, 6) is 0.599. The number of benzene rings is 2. The molecule has 0 atom stereocenters. The van der Waals surface area contributed by atoms with Gasteiger partial charge in [-0.05, 0) is 85.1 Å². The molecule has 0 bridgehead atoms. The van der Waals surface area contributed by atoms with E-state index in [1.807, 2.05) is 44.2 Å². The Morgan fingerprint density at radius 1 is 1.03 bits per heavy atom. The van der Waals surface area contributed by atoms with E-state index < -0.39 is 10.0 Å². The number of sulfonamides is 1. The van der Waals surface area contributed by atoms with Crippen LogP contribution >= 0.6 is 0 Å². The summed E-state index contributed by atoms with van der Waals surface area (Å²) in [4.78, 5) is 16.9. The first-order valence-corrected chi connectivity index (χ1v) is 11.5. The van der Waals surface area contributed by atoms with Crippen LogP contribution in [0.25, 0.3) is 6.08 Å². The normalized spacial score (nSPS) is 11.8. The topological polar surface area (TPSA) is 76.6 Å². The summed E-state index contributed by atoms with van der Waals surface area (Å²) in [5.41, 5.74) is 4.08. The van der Waals surface area contributed by atoms with Crippen LogP contribution in [0.5, 0.6) is 5.75 Å². The summed E-state index contributed by atoms with van der Waals surface area (Å²) in [6, 6.07) is 15.5. The Labute approximate surface area is 189 Å². The van der Waals surface area contributed by atoms with E-state index >= 15 is 0 Å². The molecule has 7 heteroatoms. The van der Waals surface area contributed by atoms with Gasteiger partial charge in [0, 0.05) is 25.9 Å². The molecule has 166 valence electrons. The highest BCUT2D eigenvalue weighted by Crippen LogP contribution is 2.26. The van der Waals surface area contributed by atoms with E-state index in [0.29, 0.717) is 12.2 Å². The molecule has 2 aromatic carbocycles. The summed E-state index contributed by atoms with van der Waals surface area (Å²) in [7, 11) is -0.586. The van der Waals surface area contributed by atoms with Crippen molar-refractivity contribution >= 4 is 21.9 Å². The van der Waals surface area contributed by atoms with Crippen LogP contribution in [0.1, 0.15) is 32.7 Å². The van der Waals surface area contributed by atoms with Crippen molar-refractivity contribution < 1.29 is 17.9 Å².